The molecular formula is C12H13N3. The Kier molecular flexibility index (Phi) is 1.95. The lowest BCUT2D eigenvalue weighted by atomic mass is 9.95. The third-order valence-corrected chi connectivity index (χ3v) is 2.97. The van der Waals surface area contributed by atoms with Crippen molar-refractivity contribution in [2.45, 2.75) is 18.9 Å². The van der Waals surface area contributed by atoms with Crippen LogP contribution in [0.3, 0.4) is 0 Å². The second kappa shape index (κ2) is 3.42. The molecule has 0 saturated heterocycles. The van der Waals surface area contributed by atoms with Crippen LogP contribution in [0.1, 0.15) is 23.6 Å². The number of benzene rings is 1. The van der Waals surface area contributed by atoms with Crippen LogP contribution in [0, 0.1) is 0 Å². The van der Waals surface area contributed by atoms with E-state index in [0.717, 1.165) is 12.8 Å². The van der Waals surface area contributed by atoms with Gasteiger partial charge in [0.25, 0.3) is 0 Å². The maximum absolute atomic E-state index is 3.99. The molecule has 76 valence electrons. The zero-order valence-corrected chi connectivity index (χ0v) is 8.40. The molecule has 0 saturated carbocycles. The molecule has 3 rings (SSSR count). The third kappa shape index (κ3) is 1.50. The highest BCUT2D eigenvalue weighted by Gasteiger charge is 2.18. The fraction of sp³-hybridized carbons (Fsp3) is 0.250. The van der Waals surface area contributed by atoms with Gasteiger partial charge in [-0.2, -0.15) is 5.10 Å². The first-order chi connectivity index (χ1) is 7.43. The standard InChI is InChI=1S/C12H13N3/c1-2-4-11-9(3-1)5-6-12(15-11)10-7-13-14-8-10/h1-4,7-8,12,15H,5-6H2,(H,13,14)/t12-/m0/s1. The normalized spacial score (nSPS) is 19.3. The summed E-state index contributed by atoms with van der Waals surface area (Å²) in [5, 5.41) is 10.4. The van der Waals surface area contributed by atoms with Crippen LogP contribution >= 0.6 is 0 Å². The van der Waals surface area contributed by atoms with Crippen molar-refractivity contribution in [2.24, 2.45) is 0 Å². The lowest BCUT2D eigenvalue weighted by Crippen LogP contribution is -2.17. The molecule has 1 aliphatic heterocycles. The van der Waals surface area contributed by atoms with Crippen LogP contribution < -0.4 is 5.32 Å². The van der Waals surface area contributed by atoms with Gasteiger partial charge in [0.2, 0.25) is 0 Å². The van der Waals surface area contributed by atoms with Crippen molar-refractivity contribution in [2.75, 3.05) is 5.32 Å². The van der Waals surface area contributed by atoms with Gasteiger partial charge in [-0.15, -0.1) is 0 Å². The third-order valence-electron chi connectivity index (χ3n) is 2.97. The summed E-state index contributed by atoms with van der Waals surface area (Å²) >= 11 is 0. The van der Waals surface area contributed by atoms with Gasteiger partial charge in [0, 0.05) is 17.4 Å². The lowest BCUT2D eigenvalue weighted by Gasteiger charge is -2.26. The first-order valence-electron chi connectivity index (χ1n) is 5.26. The van der Waals surface area contributed by atoms with Gasteiger partial charge in [-0.3, -0.25) is 5.10 Å². The minimum Gasteiger partial charge on any atom is -0.378 e. The smallest absolute Gasteiger partial charge is 0.0548 e. The van der Waals surface area contributed by atoms with E-state index in [1.807, 2.05) is 12.4 Å². The minimum absolute atomic E-state index is 0.402. The van der Waals surface area contributed by atoms with E-state index in [1.54, 1.807) is 0 Å². The van der Waals surface area contributed by atoms with Crippen molar-refractivity contribution in [1.82, 2.24) is 10.2 Å². The number of para-hydroxylation sites is 1. The van der Waals surface area contributed by atoms with E-state index < -0.39 is 0 Å². The van der Waals surface area contributed by atoms with Gasteiger partial charge in [-0.05, 0) is 24.5 Å². The van der Waals surface area contributed by atoms with Crippen LogP contribution in [-0.4, -0.2) is 10.2 Å². The molecule has 2 aromatic rings. The van der Waals surface area contributed by atoms with Crippen LogP contribution in [0.4, 0.5) is 5.69 Å². The summed E-state index contributed by atoms with van der Waals surface area (Å²) in [5.74, 6) is 0. The van der Waals surface area contributed by atoms with E-state index in [2.05, 4.69) is 39.8 Å². The number of H-pyrrole nitrogens is 1. The SMILES string of the molecule is c1ccc2c(c1)CC[C@@H](c1cn[nH]c1)N2. The van der Waals surface area contributed by atoms with Gasteiger partial charge in [-0.1, -0.05) is 18.2 Å². The zero-order valence-electron chi connectivity index (χ0n) is 8.40. The molecule has 0 bridgehead atoms. The fourth-order valence-corrected chi connectivity index (χ4v) is 2.14. The highest BCUT2D eigenvalue weighted by atomic mass is 15.1. The molecule has 0 amide bonds. The second-order valence-electron chi connectivity index (χ2n) is 3.92. The Bertz CT molecular complexity index is 448. The molecule has 0 aliphatic carbocycles. The van der Waals surface area contributed by atoms with Gasteiger partial charge in [-0.25, -0.2) is 0 Å². The largest absolute Gasteiger partial charge is 0.378 e. The van der Waals surface area contributed by atoms with Gasteiger partial charge < -0.3 is 5.32 Å². The highest BCUT2D eigenvalue weighted by Crippen LogP contribution is 2.31. The van der Waals surface area contributed by atoms with Crippen molar-refractivity contribution < 1.29 is 0 Å². The first kappa shape index (κ1) is 8.53. The monoisotopic (exact) mass is 199 g/mol. The number of nitrogens with one attached hydrogen (secondary N) is 2. The van der Waals surface area contributed by atoms with E-state index in [4.69, 9.17) is 0 Å². The Morgan fingerprint density at radius 3 is 3.07 bits per heavy atom. The molecule has 3 nitrogen and oxygen atoms in total. The van der Waals surface area contributed by atoms with Crippen LogP contribution in [0.5, 0.6) is 0 Å². The number of aryl methyl sites for hydroxylation is 1. The topological polar surface area (TPSA) is 40.7 Å². The summed E-state index contributed by atoms with van der Waals surface area (Å²) in [5.41, 5.74) is 3.91. The van der Waals surface area contributed by atoms with Crippen LogP contribution in [0.25, 0.3) is 0 Å². The fourth-order valence-electron chi connectivity index (χ4n) is 2.14. The maximum atomic E-state index is 3.99. The van der Waals surface area contributed by atoms with Crippen molar-refractivity contribution in [1.29, 1.82) is 0 Å². The van der Waals surface area contributed by atoms with Crippen molar-refractivity contribution in [3.05, 3.63) is 47.8 Å². The molecule has 2 N–H and O–H groups in total. The molecule has 3 heteroatoms. The van der Waals surface area contributed by atoms with E-state index >= 15 is 0 Å². The number of aromatic amines is 1. The van der Waals surface area contributed by atoms with E-state index in [-0.39, 0.29) is 0 Å². The molecule has 1 aliphatic rings. The average molecular weight is 199 g/mol. The minimum atomic E-state index is 0.402. The number of rotatable bonds is 1. The molecule has 0 unspecified atom stereocenters. The molecule has 1 aromatic carbocycles. The maximum Gasteiger partial charge on any atom is 0.0548 e. The number of nitrogens with zero attached hydrogens (tertiary/aromatic N) is 1. The molecule has 2 heterocycles. The zero-order chi connectivity index (χ0) is 10.1. The molecule has 0 radical (unpaired) electrons. The Morgan fingerprint density at radius 2 is 2.20 bits per heavy atom. The predicted molar refractivity (Wildman–Crippen MR) is 59.7 cm³/mol. The molecule has 1 aromatic heterocycles. The number of fused-ring (bicyclic) bond motifs is 1. The van der Waals surface area contributed by atoms with E-state index in [0.29, 0.717) is 6.04 Å². The number of aromatic nitrogens is 2. The second-order valence-corrected chi connectivity index (χ2v) is 3.92. The van der Waals surface area contributed by atoms with Crippen LogP contribution in [0.2, 0.25) is 0 Å². The molecular weight excluding hydrogens is 186 g/mol. The number of hydrogen-bond donors (Lipinski definition) is 2. The van der Waals surface area contributed by atoms with Gasteiger partial charge in [0.05, 0.1) is 12.2 Å². The summed E-state index contributed by atoms with van der Waals surface area (Å²) in [6.07, 6.45) is 6.13. The van der Waals surface area contributed by atoms with Gasteiger partial charge in [0.1, 0.15) is 0 Å². The molecule has 0 fully saturated rings. The summed E-state index contributed by atoms with van der Waals surface area (Å²) in [7, 11) is 0. The van der Waals surface area contributed by atoms with Crippen molar-refractivity contribution in [3.8, 4) is 0 Å². The Balaban J connectivity index is 1.89. The summed E-state index contributed by atoms with van der Waals surface area (Å²) in [6.45, 7) is 0. The first-order valence-corrected chi connectivity index (χ1v) is 5.26. The lowest BCUT2D eigenvalue weighted by molar-refractivity contribution is 0.668. The molecule has 1 atom stereocenters. The Labute approximate surface area is 88.5 Å². The van der Waals surface area contributed by atoms with Gasteiger partial charge >= 0.3 is 0 Å². The van der Waals surface area contributed by atoms with E-state index in [9.17, 15) is 0 Å². The van der Waals surface area contributed by atoms with Crippen LogP contribution in [-0.2, 0) is 6.42 Å². The number of anilines is 1. The van der Waals surface area contributed by atoms with E-state index in [1.165, 1.54) is 16.8 Å². The van der Waals surface area contributed by atoms with Crippen molar-refractivity contribution in [3.63, 3.8) is 0 Å². The Morgan fingerprint density at radius 1 is 1.27 bits per heavy atom. The summed E-state index contributed by atoms with van der Waals surface area (Å²) in [6, 6.07) is 8.90. The average Bonchev–Trinajstić information content (AvgIpc) is 2.82. The summed E-state index contributed by atoms with van der Waals surface area (Å²) < 4.78 is 0. The quantitative estimate of drug-likeness (QED) is 0.740. The number of hydrogen-bond acceptors (Lipinski definition) is 2. The van der Waals surface area contributed by atoms with Crippen LogP contribution in [0.15, 0.2) is 36.7 Å². The molecule has 15 heavy (non-hydrogen) atoms. The molecule has 0 spiro atoms. The van der Waals surface area contributed by atoms with Gasteiger partial charge in [0.15, 0.2) is 0 Å². The van der Waals surface area contributed by atoms with Crippen molar-refractivity contribution >= 4 is 5.69 Å². The highest BCUT2D eigenvalue weighted by molar-refractivity contribution is 5.54. The Hall–Kier alpha value is -1.77. The predicted octanol–water partition coefficient (Wildman–Crippen LogP) is 2.51. The summed E-state index contributed by atoms with van der Waals surface area (Å²) in [4.78, 5) is 0.